The van der Waals surface area contributed by atoms with Gasteiger partial charge in [-0.2, -0.15) is 5.10 Å². The van der Waals surface area contributed by atoms with E-state index in [2.05, 4.69) is 35.4 Å². The van der Waals surface area contributed by atoms with E-state index < -0.39 is 0 Å². The number of aromatic nitrogens is 2. The zero-order valence-electron chi connectivity index (χ0n) is 9.01. The van der Waals surface area contributed by atoms with Crippen LogP contribution in [-0.2, 0) is 7.05 Å². The van der Waals surface area contributed by atoms with Gasteiger partial charge >= 0.3 is 0 Å². The van der Waals surface area contributed by atoms with Crippen LogP contribution >= 0.6 is 0 Å². The molecule has 1 aromatic heterocycles. The maximum absolute atomic E-state index is 4.15. The largest absolute Gasteiger partial charge is 0.268 e. The molecule has 1 aromatic carbocycles. The summed E-state index contributed by atoms with van der Waals surface area (Å²) in [5.41, 5.74) is 3.56. The van der Waals surface area contributed by atoms with Gasteiger partial charge in [0.05, 0.1) is 5.69 Å². The average Bonchev–Trinajstić information content (AvgIpc) is 2.66. The van der Waals surface area contributed by atoms with Crippen molar-refractivity contribution in [1.29, 1.82) is 0 Å². The highest BCUT2D eigenvalue weighted by Gasteiger charge is 2.00. The molecule has 0 aliphatic heterocycles. The monoisotopic (exact) mass is 198 g/mol. The van der Waals surface area contributed by atoms with Crippen LogP contribution in [0.4, 0.5) is 0 Å². The Morgan fingerprint density at radius 3 is 2.40 bits per heavy atom. The first-order valence-corrected chi connectivity index (χ1v) is 5.02. The molecule has 76 valence electrons. The minimum Gasteiger partial charge on any atom is -0.268 e. The predicted octanol–water partition coefficient (Wildman–Crippen LogP) is 3.12. The number of aryl methyl sites for hydroxylation is 1. The molecule has 0 atom stereocenters. The normalized spacial score (nSPS) is 11.1. The Balaban J connectivity index is 2.36. The van der Waals surface area contributed by atoms with Gasteiger partial charge in [-0.3, -0.25) is 4.68 Å². The van der Waals surface area contributed by atoms with Crippen LogP contribution in [0.5, 0.6) is 0 Å². The van der Waals surface area contributed by atoms with Gasteiger partial charge in [-0.25, -0.2) is 0 Å². The molecular weight excluding hydrogens is 184 g/mol. The maximum atomic E-state index is 4.15. The molecule has 1 heterocycles. The molecule has 0 aliphatic rings. The highest BCUT2D eigenvalue weighted by molar-refractivity contribution is 5.62. The fourth-order valence-corrected chi connectivity index (χ4v) is 1.61. The first-order chi connectivity index (χ1) is 7.31. The van der Waals surface area contributed by atoms with Crippen LogP contribution in [-0.4, -0.2) is 9.78 Å². The van der Waals surface area contributed by atoms with Crippen LogP contribution in [0.25, 0.3) is 17.3 Å². The summed E-state index contributed by atoms with van der Waals surface area (Å²) in [6, 6.07) is 10.5. The Morgan fingerprint density at radius 2 is 1.87 bits per heavy atom. The lowest BCUT2D eigenvalue weighted by molar-refractivity contribution is 0.776. The van der Waals surface area contributed by atoms with Gasteiger partial charge in [0.2, 0.25) is 0 Å². The third kappa shape index (κ3) is 1.99. The van der Waals surface area contributed by atoms with Crippen LogP contribution < -0.4 is 0 Å². The second-order valence-electron chi connectivity index (χ2n) is 3.46. The Labute approximate surface area is 89.9 Å². The second-order valence-corrected chi connectivity index (χ2v) is 3.46. The third-order valence-corrected chi connectivity index (χ3v) is 2.39. The summed E-state index contributed by atoms with van der Waals surface area (Å²) < 4.78 is 1.88. The second kappa shape index (κ2) is 4.13. The van der Waals surface area contributed by atoms with Crippen molar-refractivity contribution in [2.75, 3.05) is 0 Å². The van der Waals surface area contributed by atoms with E-state index in [1.54, 1.807) is 0 Å². The summed E-state index contributed by atoms with van der Waals surface area (Å²) in [6.07, 6.45) is 5.95. The molecule has 0 aliphatic carbocycles. The minimum atomic E-state index is 1.14. The van der Waals surface area contributed by atoms with Crippen molar-refractivity contribution in [2.45, 2.75) is 6.92 Å². The summed E-state index contributed by atoms with van der Waals surface area (Å²) in [5.74, 6) is 0. The number of hydrogen-bond donors (Lipinski definition) is 0. The number of allylic oxidation sites excluding steroid dienone is 1. The van der Waals surface area contributed by atoms with Crippen molar-refractivity contribution in [3.8, 4) is 11.3 Å². The average molecular weight is 198 g/mol. The van der Waals surface area contributed by atoms with Crippen LogP contribution in [0.2, 0.25) is 0 Å². The molecule has 0 saturated carbocycles. The lowest BCUT2D eigenvalue weighted by Crippen LogP contribution is -1.92. The number of hydrogen-bond acceptors (Lipinski definition) is 1. The molecule has 0 unspecified atom stereocenters. The first kappa shape index (κ1) is 9.71. The van der Waals surface area contributed by atoms with Crippen LogP contribution in [0.3, 0.4) is 0 Å². The van der Waals surface area contributed by atoms with Gasteiger partial charge < -0.3 is 0 Å². The highest BCUT2D eigenvalue weighted by atomic mass is 15.2. The van der Waals surface area contributed by atoms with E-state index >= 15 is 0 Å². The lowest BCUT2D eigenvalue weighted by atomic mass is 10.1. The molecular formula is C13H14N2. The van der Waals surface area contributed by atoms with Crippen molar-refractivity contribution in [3.05, 3.63) is 48.2 Å². The Morgan fingerprint density at radius 1 is 1.13 bits per heavy atom. The Hall–Kier alpha value is -1.83. The fourth-order valence-electron chi connectivity index (χ4n) is 1.61. The quantitative estimate of drug-likeness (QED) is 0.725. The van der Waals surface area contributed by atoms with Gasteiger partial charge in [0.15, 0.2) is 0 Å². The fraction of sp³-hybridized carbons (Fsp3) is 0.154. The van der Waals surface area contributed by atoms with Gasteiger partial charge in [0.25, 0.3) is 0 Å². The summed E-state index contributed by atoms with van der Waals surface area (Å²) in [6.45, 7) is 2.02. The minimum absolute atomic E-state index is 1.14. The zero-order chi connectivity index (χ0) is 10.7. The lowest BCUT2D eigenvalue weighted by Gasteiger charge is -2.02. The van der Waals surface area contributed by atoms with Gasteiger partial charge in [0, 0.05) is 13.2 Å². The summed E-state index contributed by atoms with van der Waals surface area (Å²) in [5, 5.41) is 4.15. The summed E-state index contributed by atoms with van der Waals surface area (Å²) in [4.78, 5) is 0. The van der Waals surface area contributed by atoms with Crippen molar-refractivity contribution in [2.24, 2.45) is 7.05 Å². The molecule has 0 bridgehead atoms. The molecule has 15 heavy (non-hydrogen) atoms. The van der Waals surface area contributed by atoms with Gasteiger partial charge in [0.1, 0.15) is 0 Å². The zero-order valence-corrected chi connectivity index (χ0v) is 9.01. The van der Waals surface area contributed by atoms with Crippen LogP contribution in [0, 0.1) is 0 Å². The van der Waals surface area contributed by atoms with E-state index in [-0.39, 0.29) is 0 Å². The molecule has 0 amide bonds. The van der Waals surface area contributed by atoms with E-state index in [9.17, 15) is 0 Å². The van der Waals surface area contributed by atoms with Crippen molar-refractivity contribution >= 4 is 6.08 Å². The molecule has 0 spiro atoms. The SMILES string of the molecule is C/C=C/c1ccc(-c2ccnn2C)cc1. The summed E-state index contributed by atoms with van der Waals surface area (Å²) in [7, 11) is 1.95. The standard InChI is InChI=1S/C13H14N2/c1-3-4-11-5-7-12(8-6-11)13-9-10-14-15(13)2/h3-10H,1-2H3/b4-3+. The molecule has 2 aromatic rings. The highest BCUT2D eigenvalue weighted by Crippen LogP contribution is 2.18. The Kier molecular flexibility index (Phi) is 2.68. The molecule has 2 rings (SSSR count). The van der Waals surface area contributed by atoms with Crippen LogP contribution in [0.15, 0.2) is 42.6 Å². The summed E-state index contributed by atoms with van der Waals surface area (Å²) >= 11 is 0. The first-order valence-electron chi connectivity index (χ1n) is 5.02. The van der Waals surface area contributed by atoms with Gasteiger partial charge in [-0.1, -0.05) is 36.4 Å². The van der Waals surface area contributed by atoms with E-state index in [1.165, 1.54) is 11.1 Å². The Bertz CT molecular complexity index is 464. The van der Waals surface area contributed by atoms with E-state index in [0.29, 0.717) is 0 Å². The number of rotatable bonds is 2. The molecule has 0 N–H and O–H groups in total. The molecule has 0 saturated heterocycles. The van der Waals surface area contributed by atoms with E-state index in [4.69, 9.17) is 0 Å². The molecule has 2 heteroatoms. The van der Waals surface area contributed by atoms with Crippen LogP contribution in [0.1, 0.15) is 12.5 Å². The van der Waals surface area contributed by atoms with Gasteiger partial charge in [-0.15, -0.1) is 0 Å². The maximum Gasteiger partial charge on any atom is 0.0678 e. The topological polar surface area (TPSA) is 17.8 Å². The molecule has 0 radical (unpaired) electrons. The molecule has 0 fully saturated rings. The predicted molar refractivity (Wildman–Crippen MR) is 63.4 cm³/mol. The van der Waals surface area contributed by atoms with E-state index in [0.717, 1.165) is 5.69 Å². The van der Waals surface area contributed by atoms with E-state index in [1.807, 2.05) is 37.0 Å². The number of benzene rings is 1. The van der Waals surface area contributed by atoms with Crippen molar-refractivity contribution in [1.82, 2.24) is 9.78 Å². The number of nitrogens with zero attached hydrogens (tertiary/aromatic N) is 2. The van der Waals surface area contributed by atoms with Gasteiger partial charge in [-0.05, 0) is 24.1 Å². The smallest absolute Gasteiger partial charge is 0.0678 e. The molecule has 2 nitrogen and oxygen atoms in total. The third-order valence-electron chi connectivity index (χ3n) is 2.39. The van der Waals surface area contributed by atoms with Crippen molar-refractivity contribution < 1.29 is 0 Å². The van der Waals surface area contributed by atoms with Crippen molar-refractivity contribution in [3.63, 3.8) is 0 Å².